The summed E-state index contributed by atoms with van der Waals surface area (Å²) < 4.78 is 17.1. The normalized spacial score (nSPS) is 26.0. The fraction of sp³-hybridized carbons (Fsp3) is 0.667. The second-order valence-corrected chi connectivity index (χ2v) is 6.36. The maximum atomic E-state index is 9.05. The molecule has 0 saturated carbocycles. The smallest absolute Gasteiger partial charge is 0.146 e. The third-order valence-corrected chi connectivity index (χ3v) is 5.01. The minimum Gasteiger partial charge on any atom is -0.497 e. The Labute approximate surface area is 137 Å². The van der Waals surface area contributed by atoms with Crippen molar-refractivity contribution in [3.05, 3.63) is 17.7 Å². The highest BCUT2D eigenvalue weighted by atomic mass is 16.5. The van der Waals surface area contributed by atoms with Gasteiger partial charge in [-0.1, -0.05) is 0 Å². The number of aliphatic hydroxyl groups excluding tert-OH is 1. The van der Waals surface area contributed by atoms with Gasteiger partial charge in [-0.05, 0) is 38.2 Å². The van der Waals surface area contributed by atoms with Gasteiger partial charge in [0.05, 0.1) is 26.0 Å². The Bertz CT molecular complexity index is 534. The summed E-state index contributed by atoms with van der Waals surface area (Å²) in [5, 5.41) is 12.7. The van der Waals surface area contributed by atoms with Crippen LogP contribution < -0.4 is 14.8 Å². The Kier molecular flexibility index (Phi) is 5.28. The van der Waals surface area contributed by atoms with Crippen molar-refractivity contribution in [3.63, 3.8) is 0 Å². The number of benzene rings is 1. The van der Waals surface area contributed by atoms with Crippen LogP contribution in [0.4, 0.5) is 5.69 Å². The lowest BCUT2D eigenvalue weighted by atomic mass is 9.78. The molecule has 1 saturated heterocycles. The van der Waals surface area contributed by atoms with Crippen molar-refractivity contribution < 1.29 is 19.3 Å². The Balaban J connectivity index is 1.93. The third kappa shape index (κ3) is 3.26. The third-order valence-electron chi connectivity index (χ3n) is 5.01. The van der Waals surface area contributed by atoms with Crippen LogP contribution in [-0.2, 0) is 4.74 Å². The van der Waals surface area contributed by atoms with E-state index in [2.05, 4.69) is 11.4 Å². The summed E-state index contributed by atoms with van der Waals surface area (Å²) in [7, 11) is 3.36. The molecule has 2 heterocycles. The van der Waals surface area contributed by atoms with Crippen molar-refractivity contribution in [2.75, 3.05) is 32.8 Å². The average molecular weight is 321 g/mol. The number of hydrogen-bond acceptors (Lipinski definition) is 5. The van der Waals surface area contributed by atoms with Gasteiger partial charge in [-0.25, -0.2) is 0 Å². The molecule has 1 fully saturated rings. The Morgan fingerprint density at radius 2 is 2.13 bits per heavy atom. The lowest BCUT2D eigenvalue weighted by molar-refractivity contribution is -0.0389. The molecule has 0 radical (unpaired) electrons. The van der Waals surface area contributed by atoms with E-state index in [1.807, 2.05) is 6.07 Å². The number of anilines is 1. The van der Waals surface area contributed by atoms with Gasteiger partial charge in [-0.2, -0.15) is 0 Å². The van der Waals surface area contributed by atoms with E-state index < -0.39 is 0 Å². The van der Waals surface area contributed by atoms with Crippen molar-refractivity contribution in [3.8, 4) is 11.5 Å². The summed E-state index contributed by atoms with van der Waals surface area (Å²) in [6.45, 7) is 1.07. The van der Waals surface area contributed by atoms with Crippen molar-refractivity contribution in [2.24, 2.45) is 5.92 Å². The van der Waals surface area contributed by atoms with Gasteiger partial charge in [0, 0.05) is 36.8 Å². The van der Waals surface area contributed by atoms with Gasteiger partial charge in [0.2, 0.25) is 0 Å². The molecule has 0 aliphatic carbocycles. The molecule has 0 aromatic heterocycles. The number of rotatable bonds is 6. The Morgan fingerprint density at radius 3 is 2.87 bits per heavy atom. The SMILES string of the molecule is COc1cc(OC)c2c(c1)[C@@H]1OCCC[C@@H]1[C@@H](CCCCO)N2. The van der Waals surface area contributed by atoms with E-state index in [1.54, 1.807) is 14.2 Å². The Morgan fingerprint density at radius 1 is 1.26 bits per heavy atom. The largest absolute Gasteiger partial charge is 0.497 e. The second-order valence-electron chi connectivity index (χ2n) is 6.36. The summed E-state index contributed by atoms with van der Waals surface area (Å²) >= 11 is 0. The lowest BCUT2D eigenvalue weighted by Crippen LogP contribution is -2.41. The van der Waals surface area contributed by atoms with Crippen molar-refractivity contribution in [1.29, 1.82) is 0 Å². The standard InChI is InChI=1S/C18H27NO4/c1-21-12-10-14-17(16(11-12)22-2)19-15(7-3-4-8-20)13-6-5-9-23-18(13)14/h10-11,13,15,18-20H,3-9H2,1-2H3/t13-,15-,18-/m1/s1. The fourth-order valence-electron chi connectivity index (χ4n) is 3.86. The van der Waals surface area contributed by atoms with E-state index >= 15 is 0 Å². The predicted molar refractivity (Wildman–Crippen MR) is 89.3 cm³/mol. The lowest BCUT2D eigenvalue weighted by Gasteiger charge is -2.43. The van der Waals surface area contributed by atoms with E-state index in [0.29, 0.717) is 12.0 Å². The van der Waals surface area contributed by atoms with Crippen LogP contribution in [0.5, 0.6) is 11.5 Å². The molecule has 0 amide bonds. The highest BCUT2D eigenvalue weighted by molar-refractivity contribution is 5.67. The molecule has 3 atom stereocenters. The number of nitrogens with one attached hydrogen (secondary N) is 1. The zero-order valence-electron chi connectivity index (χ0n) is 14.0. The summed E-state index contributed by atoms with van der Waals surface area (Å²) in [5.41, 5.74) is 2.18. The van der Waals surface area contributed by atoms with Crippen LogP contribution in [0.2, 0.25) is 0 Å². The van der Waals surface area contributed by atoms with Crippen LogP contribution in [-0.4, -0.2) is 38.6 Å². The van der Waals surface area contributed by atoms with Crippen LogP contribution >= 0.6 is 0 Å². The first-order valence-corrected chi connectivity index (χ1v) is 8.53. The molecule has 2 aliphatic heterocycles. The molecule has 2 N–H and O–H groups in total. The molecule has 1 aromatic carbocycles. The number of fused-ring (bicyclic) bond motifs is 3. The molecule has 5 heteroatoms. The quantitative estimate of drug-likeness (QED) is 0.788. The van der Waals surface area contributed by atoms with E-state index in [9.17, 15) is 0 Å². The molecule has 3 rings (SSSR count). The van der Waals surface area contributed by atoms with Gasteiger partial charge in [0.1, 0.15) is 11.5 Å². The number of hydrogen-bond donors (Lipinski definition) is 2. The monoisotopic (exact) mass is 321 g/mol. The maximum absolute atomic E-state index is 9.05. The van der Waals surface area contributed by atoms with Gasteiger partial charge < -0.3 is 24.6 Å². The first-order chi connectivity index (χ1) is 11.3. The summed E-state index contributed by atoms with van der Waals surface area (Å²) in [4.78, 5) is 0. The highest BCUT2D eigenvalue weighted by Crippen LogP contribution is 2.49. The van der Waals surface area contributed by atoms with Crippen LogP contribution in [0, 0.1) is 5.92 Å². The number of methoxy groups -OCH3 is 2. The van der Waals surface area contributed by atoms with E-state index in [4.69, 9.17) is 19.3 Å². The van der Waals surface area contributed by atoms with Gasteiger partial charge in [-0.15, -0.1) is 0 Å². The van der Waals surface area contributed by atoms with Gasteiger partial charge >= 0.3 is 0 Å². The first kappa shape index (κ1) is 16.4. The zero-order chi connectivity index (χ0) is 16.2. The second kappa shape index (κ2) is 7.41. The van der Waals surface area contributed by atoms with Gasteiger partial charge in [0.25, 0.3) is 0 Å². The van der Waals surface area contributed by atoms with Gasteiger partial charge in [0.15, 0.2) is 0 Å². The van der Waals surface area contributed by atoms with E-state index in [-0.39, 0.29) is 12.7 Å². The maximum Gasteiger partial charge on any atom is 0.146 e. The molecular weight excluding hydrogens is 294 g/mol. The zero-order valence-corrected chi connectivity index (χ0v) is 14.0. The summed E-state index contributed by atoms with van der Waals surface area (Å²) in [6, 6.07) is 4.35. The first-order valence-electron chi connectivity index (χ1n) is 8.53. The van der Waals surface area contributed by atoms with E-state index in [1.165, 1.54) is 6.42 Å². The molecule has 2 aliphatic rings. The number of ether oxygens (including phenoxy) is 3. The number of unbranched alkanes of at least 4 members (excludes halogenated alkanes) is 1. The van der Waals surface area contributed by atoms with Crippen molar-refractivity contribution in [1.82, 2.24) is 0 Å². The molecule has 1 aromatic rings. The molecule has 0 spiro atoms. The molecule has 0 unspecified atom stereocenters. The molecule has 23 heavy (non-hydrogen) atoms. The van der Waals surface area contributed by atoms with E-state index in [0.717, 1.165) is 55.0 Å². The van der Waals surface area contributed by atoms with Crippen LogP contribution in [0.3, 0.4) is 0 Å². The van der Waals surface area contributed by atoms with Crippen LogP contribution in [0.1, 0.15) is 43.8 Å². The van der Waals surface area contributed by atoms with Crippen LogP contribution in [0.15, 0.2) is 12.1 Å². The topological polar surface area (TPSA) is 60.0 Å². The average Bonchev–Trinajstić information content (AvgIpc) is 2.61. The molecule has 0 bridgehead atoms. The molecule has 128 valence electrons. The van der Waals surface area contributed by atoms with Gasteiger partial charge in [-0.3, -0.25) is 0 Å². The molecule has 5 nitrogen and oxygen atoms in total. The molecular formula is C18H27NO4. The highest BCUT2D eigenvalue weighted by Gasteiger charge is 2.40. The fourth-order valence-corrected chi connectivity index (χ4v) is 3.86. The van der Waals surface area contributed by atoms with Crippen molar-refractivity contribution >= 4 is 5.69 Å². The van der Waals surface area contributed by atoms with Crippen molar-refractivity contribution in [2.45, 2.75) is 44.2 Å². The Hall–Kier alpha value is -1.46. The summed E-state index contributed by atoms with van der Waals surface area (Å²) in [5.74, 6) is 2.07. The minimum atomic E-state index is 0.100. The number of aliphatic hydroxyl groups is 1. The minimum absolute atomic E-state index is 0.100. The summed E-state index contributed by atoms with van der Waals surface area (Å²) in [6.07, 6.45) is 5.28. The van der Waals surface area contributed by atoms with Crippen LogP contribution in [0.25, 0.3) is 0 Å². The predicted octanol–water partition coefficient (Wildman–Crippen LogP) is 3.13.